The van der Waals surface area contributed by atoms with E-state index >= 15 is 0 Å². The van der Waals surface area contributed by atoms with Crippen molar-refractivity contribution in [3.05, 3.63) is 35.7 Å². The number of thiazole rings is 1. The van der Waals surface area contributed by atoms with E-state index < -0.39 is 0 Å². The molecule has 1 aromatic carbocycles. The Balaban J connectivity index is 1.45. The Morgan fingerprint density at radius 1 is 1.29 bits per heavy atom. The van der Waals surface area contributed by atoms with Crippen LogP contribution in [-0.2, 0) is 16.0 Å². The van der Waals surface area contributed by atoms with Crippen LogP contribution in [0.25, 0.3) is 10.2 Å². The number of benzene rings is 1. The van der Waals surface area contributed by atoms with Crippen molar-refractivity contribution in [3.63, 3.8) is 0 Å². The number of nitrogens with zero attached hydrogens (tertiary/aromatic N) is 2. The van der Waals surface area contributed by atoms with Crippen LogP contribution in [0.5, 0.6) is 0 Å². The predicted octanol–water partition coefficient (Wildman–Crippen LogP) is 2.55. The highest BCUT2D eigenvalue weighted by atomic mass is 32.1. The monoisotopic (exact) mass is 344 g/mol. The lowest BCUT2D eigenvalue weighted by molar-refractivity contribution is -0.129. The lowest BCUT2D eigenvalue weighted by Gasteiger charge is -2.31. The Hall–Kier alpha value is -1.95. The molecule has 6 heteroatoms. The number of para-hydroxylation sites is 1. The highest BCUT2D eigenvalue weighted by molar-refractivity contribution is 7.18. The molecule has 1 radical (unpaired) electrons. The zero-order chi connectivity index (χ0) is 16.9. The summed E-state index contributed by atoms with van der Waals surface area (Å²) >= 11 is 1.64. The van der Waals surface area contributed by atoms with E-state index in [1.54, 1.807) is 17.8 Å². The highest BCUT2D eigenvalue weighted by Gasteiger charge is 2.23. The maximum absolute atomic E-state index is 12.3. The van der Waals surface area contributed by atoms with Gasteiger partial charge in [-0.15, -0.1) is 11.3 Å². The zero-order valence-corrected chi connectivity index (χ0v) is 14.4. The number of piperidine rings is 1. The molecule has 5 nitrogen and oxygen atoms in total. The van der Waals surface area contributed by atoms with Gasteiger partial charge in [-0.3, -0.25) is 9.59 Å². The molecule has 0 saturated carbocycles. The van der Waals surface area contributed by atoms with Gasteiger partial charge in [-0.2, -0.15) is 0 Å². The summed E-state index contributed by atoms with van der Waals surface area (Å²) < 4.78 is 1.16. The van der Waals surface area contributed by atoms with Crippen LogP contribution in [0.15, 0.2) is 24.3 Å². The average molecular weight is 344 g/mol. The Morgan fingerprint density at radius 2 is 2.04 bits per heavy atom. The third-order valence-corrected chi connectivity index (χ3v) is 5.57. The quantitative estimate of drug-likeness (QED) is 0.875. The van der Waals surface area contributed by atoms with Crippen molar-refractivity contribution in [2.75, 3.05) is 13.1 Å². The number of rotatable bonds is 6. The Morgan fingerprint density at radius 3 is 2.75 bits per heavy atom. The Kier molecular flexibility index (Phi) is 5.45. The first-order valence-corrected chi connectivity index (χ1v) is 9.18. The molecule has 2 heterocycles. The van der Waals surface area contributed by atoms with E-state index in [0.29, 0.717) is 18.8 Å². The summed E-state index contributed by atoms with van der Waals surface area (Å²) in [5, 5.41) is 0.973. The first-order chi connectivity index (χ1) is 11.6. The van der Waals surface area contributed by atoms with E-state index in [9.17, 15) is 9.59 Å². The van der Waals surface area contributed by atoms with Crippen LogP contribution >= 0.6 is 11.3 Å². The summed E-state index contributed by atoms with van der Waals surface area (Å²) in [6.45, 7) is 1.53. The molecule has 24 heavy (non-hydrogen) atoms. The molecular formula is C18H22N3O2S. The largest absolute Gasteiger partial charge is 0.370 e. The van der Waals surface area contributed by atoms with Gasteiger partial charge < -0.3 is 10.6 Å². The SMILES string of the molecule is NC(=O)CCC1CCN(C(=O)[CH]Cc2nc3ccccc3s2)CC1. The third-order valence-electron chi connectivity index (χ3n) is 4.51. The normalized spacial score (nSPS) is 15.8. The minimum absolute atomic E-state index is 0.0857. The van der Waals surface area contributed by atoms with Crippen LogP contribution < -0.4 is 5.73 Å². The van der Waals surface area contributed by atoms with Gasteiger partial charge in [0, 0.05) is 25.9 Å². The fraction of sp³-hybridized carbons (Fsp3) is 0.444. The molecule has 1 aromatic heterocycles. The minimum atomic E-state index is -0.238. The van der Waals surface area contributed by atoms with Crippen molar-refractivity contribution in [2.24, 2.45) is 11.7 Å². The molecule has 0 bridgehead atoms. The second kappa shape index (κ2) is 7.75. The molecule has 127 valence electrons. The number of amides is 2. The summed E-state index contributed by atoms with van der Waals surface area (Å²) in [6, 6.07) is 8.02. The highest BCUT2D eigenvalue weighted by Crippen LogP contribution is 2.24. The van der Waals surface area contributed by atoms with Crippen LogP contribution in [0.2, 0.25) is 0 Å². The Labute approximate surface area is 145 Å². The molecule has 1 fully saturated rings. The van der Waals surface area contributed by atoms with E-state index in [1.165, 1.54) is 0 Å². The number of aromatic nitrogens is 1. The molecule has 0 spiro atoms. The van der Waals surface area contributed by atoms with E-state index in [-0.39, 0.29) is 11.8 Å². The fourth-order valence-electron chi connectivity index (χ4n) is 3.10. The first kappa shape index (κ1) is 16.9. The molecule has 1 saturated heterocycles. The molecular weight excluding hydrogens is 322 g/mol. The van der Waals surface area contributed by atoms with Gasteiger partial charge >= 0.3 is 0 Å². The number of carbonyl (C=O) groups is 2. The molecule has 2 aromatic rings. The number of carbonyl (C=O) groups excluding carboxylic acids is 2. The van der Waals surface area contributed by atoms with Gasteiger partial charge in [0.25, 0.3) is 0 Å². The molecule has 1 aliphatic heterocycles. The minimum Gasteiger partial charge on any atom is -0.370 e. The smallest absolute Gasteiger partial charge is 0.226 e. The molecule has 1 aliphatic rings. The predicted molar refractivity (Wildman–Crippen MR) is 95.4 cm³/mol. The third kappa shape index (κ3) is 4.32. The van der Waals surface area contributed by atoms with Crippen LogP contribution in [0.3, 0.4) is 0 Å². The standard InChI is InChI=1S/C18H22N3O2S/c19-16(22)6-5-13-9-11-21(12-10-13)18(23)8-7-17-20-14-3-1-2-4-15(14)24-17/h1-4,8,13H,5-7,9-12H2,(H2,19,22). The number of hydrogen-bond acceptors (Lipinski definition) is 4. The van der Waals surface area contributed by atoms with Crippen LogP contribution in [0.4, 0.5) is 0 Å². The summed E-state index contributed by atoms with van der Waals surface area (Å²) in [6.07, 6.45) is 5.51. The van der Waals surface area contributed by atoms with Crippen molar-refractivity contribution in [1.82, 2.24) is 9.88 Å². The van der Waals surface area contributed by atoms with Gasteiger partial charge in [0.2, 0.25) is 11.8 Å². The van der Waals surface area contributed by atoms with Gasteiger partial charge in [-0.25, -0.2) is 4.98 Å². The van der Waals surface area contributed by atoms with Crippen molar-refractivity contribution in [1.29, 1.82) is 0 Å². The number of nitrogens with two attached hydrogens (primary N) is 1. The molecule has 2 amide bonds. The van der Waals surface area contributed by atoms with Gasteiger partial charge in [-0.1, -0.05) is 12.1 Å². The number of fused-ring (bicyclic) bond motifs is 1. The van der Waals surface area contributed by atoms with Gasteiger partial charge in [0.15, 0.2) is 0 Å². The second-order valence-electron chi connectivity index (χ2n) is 6.26. The topological polar surface area (TPSA) is 76.3 Å². The second-order valence-corrected chi connectivity index (χ2v) is 7.37. The lowest BCUT2D eigenvalue weighted by Crippen LogP contribution is -2.39. The van der Waals surface area contributed by atoms with Gasteiger partial charge in [0.05, 0.1) is 21.6 Å². The van der Waals surface area contributed by atoms with Crippen molar-refractivity contribution in [3.8, 4) is 0 Å². The van der Waals surface area contributed by atoms with Gasteiger partial charge in [-0.05, 0) is 37.3 Å². The number of hydrogen-bond donors (Lipinski definition) is 1. The maximum Gasteiger partial charge on any atom is 0.226 e. The van der Waals surface area contributed by atoms with E-state index in [0.717, 1.165) is 47.6 Å². The summed E-state index contributed by atoms with van der Waals surface area (Å²) in [4.78, 5) is 29.6. The molecule has 3 rings (SSSR count). The van der Waals surface area contributed by atoms with E-state index in [1.807, 2.05) is 23.1 Å². The van der Waals surface area contributed by atoms with Crippen LogP contribution in [0.1, 0.15) is 30.7 Å². The van der Waals surface area contributed by atoms with Crippen molar-refractivity contribution in [2.45, 2.75) is 32.1 Å². The molecule has 0 aliphatic carbocycles. The van der Waals surface area contributed by atoms with Crippen molar-refractivity contribution >= 4 is 33.4 Å². The van der Waals surface area contributed by atoms with Gasteiger partial charge in [0.1, 0.15) is 0 Å². The summed E-state index contributed by atoms with van der Waals surface area (Å²) in [7, 11) is 0. The lowest BCUT2D eigenvalue weighted by atomic mass is 9.92. The van der Waals surface area contributed by atoms with E-state index in [4.69, 9.17) is 5.73 Å². The number of likely N-dealkylation sites (tertiary alicyclic amines) is 1. The maximum atomic E-state index is 12.3. The summed E-state index contributed by atoms with van der Waals surface area (Å²) in [5.41, 5.74) is 6.19. The van der Waals surface area contributed by atoms with E-state index in [2.05, 4.69) is 11.1 Å². The number of primary amides is 1. The molecule has 2 N–H and O–H groups in total. The average Bonchev–Trinajstić information content (AvgIpc) is 3.01. The first-order valence-electron chi connectivity index (χ1n) is 8.36. The molecule has 0 unspecified atom stereocenters. The fourth-order valence-corrected chi connectivity index (χ4v) is 4.03. The van der Waals surface area contributed by atoms with Crippen molar-refractivity contribution < 1.29 is 9.59 Å². The van der Waals surface area contributed by atoms with Crippen LogP contribution in [-0.4, -0.2) is 34.8 Å². The summed E-state index contributed by atoms with van der Waals surface area (Å²) in [5.74, 6) is 0.353. The van der Waals surface area contributed by atoms with Crippen LogP contribution in [0, 0.1) is 12.3 Å². The Bertz CT molecular complexity index is 687. The molecule has 0 atom stereocenters. The zero-order valence-electron chi connectivity index (χ0n) is 13.6.